The molecule has 0 saturated carbocycles. The molecular weight excluding hydrogens is 414 g/mol. The van der Waals surface area contributed by atoms with Crippen LogP contribution in [0.25, 0.3) is 5.76 Å². The number of amides is 1. The number of aromatic hydroxyl groups is 1. The van der Waals surface area contributed by atoms with Gasteiger partial charge in [0.15, 0.2) is 11.5 Å². The molecule has 168 valence electrons. The molecule has 0 aliphatic carbocycles. The summed E-state index contributed by atoms with van der Waals surface area (Å²) in [7, 11) is 2.89. The molecule has 1 aliphatic heterocycles. The second-order valence-corrected chi connectivity index (χ2v) is 7.04. The van der Waals surface area contributed by atoms with Crippen molar-refractivity contribution in [2.45, 2.75) is 6.04 Å². The van der Waals surface area contributed by atoms with Crippen LogP contribution in [0.1, 0.15) is 17.2 Å². The summed E-state index contributed by atoms with van der Waals surface area (Å²) in [5, 5.41) is 21.0. The minimum Gasteiger partial charge on any atom is -0.507 e. The Labute approximate surface area is 185 Å². The van der Waals surface area contributed by atoms with Crippen LogP contribution in [0.2, 0.25) is 0 Å². The second-order valence-electron chi connectivity index (χ2n) is 7.04. The summed E-state index contributed by atoms with van der Waals surface area (Å²) in [5.41, 5.74) is 0.803. The van der Waals surface area contributed by atoms with Crippen molar-refractivity contribution >= 4 is 17.4 Å². The van der Waals surface area contributed by atoms with Crippen molar-refractivity contribution in [3.05, 3.63) is 71.8 Å². The number of hydrogen-bond acceptors (Lipinski definition) is 7. The van der Waals surface area contributed by atoms with Gasteiger partial charge in [-0.25, -0.2) is 0 Å². The highest BCUT2D eigenvalue weighted by Crippen LogP contribution is 2.41. The van der Waals surface area contributed by atoms with Crippen LogP contribution in [0.4, 0.5) is 0 Å². The Bertz CT molecular complexity index is 1040. The third-order valence-electron chi connectivity index (χ3n) is 5.09. The molecule has 0 unspecified atom stereocenters. The number of rotatable bonds is 9. The number of aliphatic hydroxyl groups is 1. The Hall–Kier alpha value is -3.78. The molecule has 3 rings (SSSR count). The van der Waals surface area contributed by atoms with Crippen molar-refractivity contribution in [1.82, 2.24) is 4.90 Å². The van der Waals surface area contributed by atoms with Gasteiger partial charge in [0, 0.05) is 19.2 Å². The van der Waals surface area contributed by atoms with Gasteiger partial charge >= 0.3 is 0 Å². The van der Waals surface area contributed by atoms with E-state index in [0.717, 1.165) is 0 Å². The summed E-state index contributed by atoms with van der Waals surface area (Å²) in [4.78, 5) is 27.1. The number of aliphatic hydroxyl groups excluding tert-OH is 1. The van der Waals surface area contributed by atoms with Crippen LogP contribution >= 0.6 is 0 Å². The molecule has 2 aromatic carbocycles. The molecule has 1 saturated heterocycles. The summed E-state index contributed by atoms with van der Waals surface area (Å²) in [6.45, 7) is 4.27. The average Bonchev–Trinajstić information content (AvgIpc) is 3.06. The standard InChI is InChI=1S/C24H25NO7/c1-4-12-32-17-8-5-15(6-9-17)22(27)20-21(16-7-10-18(26)19(14-16)31-3)25(11-13-30-2)24(29)23(20)28/h4-10,14,21,26-27H,1,11-13H2,2-3H3/b22-20+/t21-/m0/s1. The minimum atomic E-state index is -0.878. The van der Waals surface area contributed by atoms with Gasteiger partial charge in [-0.1, -0.05) is 18.7 Å². The Morgan fingerprint density at radius 2 is 1.88 bits per heavy atom. The number of benzene rings is 2. The summed E-state index contributed by atoms with van der Waals surface area (Å²) in [5.74, 6) is -1.18. The first kappa shape index (κ1) is 22.9. The van der Waals surface area contributed by atoms with E-state index in [2.05, 4.69) is 6.58 Å². The number of carbonyl (C=O) groups is 2. The maximum absolute atomic E-state index is 12.9. The molecule has 32 heavy (non-hydrogen) atoms. The van der Waals surface area contributed by atoms with E-state index in [-0.39, 0.29) is 36.0 Å². The third kappa shape index (κ3) is 4.45. The monoisotopic (exact) mass is 439 g/mol. The minimum absolute atomic E-state index is 0.0568. The lowest BCUT2D eigenvalue weighted by Gasteiger charge is -2.25. The smallest absolute Gasteiger partial charge is 0.295 e. The zero-order valence-electron chi connectivity index (χ0n) is 17.9. The second kappa shape index (κ2) is 10.0. The Balaban J connectivity index is 2.10. The number of nitrogens with zero attached hydrogens (tertiary/aromatic N) is 1. The molecule has 1 atom stereocenters. The lowest BCUT2D eigenvalue weighted by Crippen LogP contribution is -2.32. The van der Waals surface area contributed by atoms with E-state index >= 15 is 0 Å². The lowest BCUT2D eigenvalue weighted by molar-refractivity contribution is -0.140. The number of methoxy groups -OCH3 is 2. The predicted octanol–water partition coefficient (Wildman–Crippen LogP) is 3.03. The number of phenols is 1. The van der Waals surface area contributed by atoms with Crippen LogP contribution in [0, 0.1) is 0 Å². The first-order chi connectivity index (χ1) is 15.4. The summed E-state index contributed by atoms with van der Waals surface area (Å²) in [6.07, 6.45) is 1.61. The molecule has 0 aromatic heterocycles. The molecule has 1 aliphatic rings. The number of carbonyl (C=O) groups excluding carboxylic acids is 2. The molecule has 0 bridgehead atoms. The highest BCUT2D eigenvalue weighted by molar-refractivity contribution is 6.46. The van der Waals surface area contributed by atoms with Crippen LogP contribution < -0.4 is 9.47 Å². The van der Waals surface area contributed by atoms with Gasteiger partial charge in [0.25, 0.3) is 11.7 Å². The zero-order chi connectivity index (χ0) is 23.3. The van der Waals surface area contributed by atoms with Gasteiger partial charge in [0.05, 0.1) is 25.3 Å². The van der Waals surface area contributed by atoms with Crippen LogP contribution in [0.5, 0.6) is 17.2 Å². The van der Waals surface area contributed by atoms with E-state index in [9.17, 15) is 19.8 Å². The number of phenolic OH excluding ortho intramolecular Hbond substituents is 1. The Morgan fingerprint density at radius 1 is 1.16 bits per heavy atom. The molecule has 1 fully saturated rings. The molecule has 2 N–H and O–H groups in total. The molecular formula is C24H25NO7. The molecule has 0 spiro atoms. The van der Waals surface area contributed by atoms with Crippen molar-refractivity contribution in [2.24, 2.45) is 0 Å². The third-order valence-corrected chi connectivity index (χ3v) is 5.09. The van der Waals surface area contributed by atoms with E-state index < -0.39 is 17.7 Å². The predicted molar refractivity (Wildman–Crippen MR) is 118 cm³/mol. The lowest BCUT2D eigenvalue weighted by atomic mass is 9.95. The van der Waals surface area contributed by atoms with Crippen LogP contribution in [-0.4, -0.2) is 60.8 Å². The van der Waals surface area contributed by atoms with E-state index in [4.69, 9.17) is 14.2 Å². The van der Waals surface area contributed by atoms with Crippen molar-refractivity contribution in [1.29, 1.82) is 0 Å². The molecule has 2 aromatic rings. The fraction of sp³-hybridized carbons (Fsp3) is 0.250. The fourth-order valence-corrected chi connectivity index (χ4v) is 3.53. The topological polar surface area (TPSA) is 106 Å². The zero-order valence-corrected chi connectivity index (χ0v) is 17.9. The van der Waals surface area contributed by atoms with Crippen LogP contribution in [0.3, 0.4) is 0 Å². The number of likely N-dealkylation sites (tertiary alicyclic amines) is 1. The maximum atomic E-state index is 12.9. The largest absolute Gasteiger partial charge is 0.507 e. The Morgan fingerprint density at radius 3 is 2.50 bits per heavy atom. The van der Waals surface area contributed by atoms with Crippen molar-refractivity contribution in [3.8, 4) is 17.2 Å². The quantitative estimate of drug-likeness (QED) is 0.268. The van der Waals surface area contributed by atoms with Crippen molar-refractivity contribution < 1.29 is 34.0 Å². The van der Waals surface area contributed by atoms with E-state index in [1.807, 2.05) is 0 Å². The van der Waals surface area contributed by atoms with Gasteiger partial charge in [-0.05, 0) is 42.0 Å². The van der Waals surface area contributed by atoms with Gasteiger partial charge in [0.2, 0.25) is 0 Å². The molecule has 1 heterocycles. The van der Waals surface area contributed by atoms with E-state index in [0.29, 0.717) is 23.5 Å². The van der Waals surface area contributed by atoms with Gasteiger partial charge in [-0.2, -0.15) is 0 Å². The van der Waals surface area contributed by atoms with Gasteiger partial charge < -0.3 is 29.3 Å². The molecule has 0 radical (unpaired) electrons. The van der Waals surface area contributed by atoms with Crippen molar-refractivity contribution in [2.75, 3.05) is 34.0 Å². The number of ether oxygens (including phenoxy) is 3. The number of ketones is 1. The van der Waals surface area contributed by atoms with Crippen LogP contribution in [0.15, 0.2) is 60.7 Å². The van der Waals surface area contributed by atoms with Crippen LogP contribution in [-0.2, 0) is 14.3 Å². The first-order valence-electron chi connectivity index (χ1n) is 9.91. The normalized spacial score (nSPS) is 17.4. The van der Waals surface area contributed by atoms with Gasteiger partial charge in [-0.15, -0.1) is 0 Å². The van der Waals surface area contributed by atoms with E-state index in [1.165, 1.54) is 31.3 Å². The Kier molecular flexibility index (Phi) is 7.17. The highest BCUT2D eigenvalue weighted by Gasteiger charge is 2.46. The molecule has 1 amide bonds. The van der Waals surface area contributed by atoms with E-state index in [1.54, 1.807) is 36.4 Å². The SMILES string of the molecule is C=CCOc1ccc(/C(O)=C2\C(=O)C(=O)N(CCOC)[C@H]2c2ccc(O)c(OC)c2)cc1. The number of hydrogen-bond donors (Lipinski definition) is 2. The first-order valence-corrected chi connectivity index (χ1v) is 9.91. The summed E-state index contributed by atoms with van der Waals surface area (Å²) in [6, 6.07) is 10.2. The highest BCUT2D eigenvalue weighted by atomic mass is 16.5. The summed E-state index contributed by atoms with van der Waals surface area (Å²) >= 11 is 0. The average molecular weight is 439 g/mol. The fourth-order valence-electron chi connectivity index (χ4n) is 3.53. The summed E-state index contributed by atoms with van der Waals surface area (Å²) < 4.78 is 15.7. The molecule has 8 heteroatoms. The van der Waals surface area contributed by atoms with Gasteiger partial charge in [0.1, 0.15) is 18.1 Å². The maximum Gasteiger partial charge on any atom is 0.295 e. The van der Waals surface area contributed by atoms with Gasteiger partial charge in [-0.3, -0.25) is 9.59 Å². The number of Topliss-reactive ketones (excluding diaryl/α,β-unsaturated/α-hetero) is 1. The molecule has 8 nitrogen and oxygen atoms in total. The van der Waals surface area contributed by atoms with Crippen molar-refractivity contribution in [3.63, 3.8) is 0 Å².